The van der Waals surface area contributed by atoms with Crippen LogP contribution in [0.15, 0.2) is 117 Å². The van der Waals surface area contributed by atoms with Gasteiger partial charge in [0, 0.05) is 58.4 Å². The molecule has 12 heteroatoms. The van der Waals surface area contributed by atoms with Gasteiger partial charge in [0.05, 0.1) is 12.8 Å². The zero-order valence-corrected chi connectivity index (χ0v) is 34.8. The first-order valence-corrected chi connectivity index (χ1v) is 20.5. The van der Waals surface area contributed by atoms with E-state index in [1.165, 1.54) is 44.5 Å². The third-order valence-electron chi connectivity index (χ3n) is 11.5. The van der Waals surface area contributed by atoms with Crippen LogP contribution in [0.3, 0.4) is 0 Å². The van der Waals surface area contributed by atoms with Crippen LogP contribution in [-0.4, -0.2) is 48.0 Å². The van der Waals surface area contributed by atoms with Gasteiger partial charge in [0.2, 0.25) is 0 Å². The number of ether oxygens (including phenoxy) is 4. The van der Waals surface area contributed by atoms with Crippen LogP contribution in [0.25, 0.3) is 0 Å². The number of fused-ring (bicyclic) bond motifs is 12. The summed E-state index contributed by atoms with van der Waals surface area (Å²) < 4.78 is 41.5. The van der Waals surface area contributed by atoms with Gasteiger partial charge in [-0.3, -0.25) is 0 Å². The molecule has 4 heterocycles. The summed E-state index contributed by atoms with van der Waals surface area (Å²) in [5.74, 6) is 3.10. The first-order chi connectivity index (χ1) is 26.1. The molecule has 0 saturated heterocycles. The van der Waals surface area contributed by atoms with Crippen molar-refractivity contribution in [2.24, 2.45) is 20.0 Å². The first kappa shape index (κ1) is 38.0. The molecule has 0 unspecified atom stereocenters. The van der Waals surface area contributed by atoms with Gasteiger partial charge in [0.25, 0.3) is 0 Å². The van der Waals surface area contributed by atoms with Crippen molar-refractivity contribution in [1.82, 2.24) is 0 Å². The number of hydrogen-bond acceptors (Lipinski definition) is 10. The number of hydrogen-bond donors (Lipinski definition) is 0. The molecule has 8 atom stereocenters. The Labute approximate surface area is 353 Å². The molecule has 278 valence electrons. The van der Waals surface area contributed by atoms with Gasteiger partial charge >= 0.3 is 24.8 Å². The maximum atomic E-state index is 8.53. The van der Waals surface area contributed by atoms with E-state index in [1.807, 2.05) is 0 Å². The molecule has 1 radical (unpaired) electrons. The number of aliphatic imine (C=N–C) groups is 4. The van der Waals surface area contributed by atoms with Crippen LogP contribution in [0.1, 0.15) is 88.9 Å². The molecule has 4 aliphatic heterocycles. The number of rotatable bonds is 4. The van der Waals surface area contributed by atoms with Crippen molar-refractivity contribution in [3.8, 4) is 0 Å². The minimum Gasteiger partial charge on any atom is -0.474 e. The van der Waals surface area contributed by atoms with Crippen molar-refractivity contribution in [2.45, 2.75) is 94.5 Å². The Hall–Kier alpha value is -3.87. The molecule has 55 heavy (non-hydrogen) atoms. The molecular formula is C43H40N4O6ReY. The maximum Gasteiger partial charge on any atom is 0.193 e. The van der Waals surface area contributed by atoms with E-state index in [0.29, 0.717) is 12.8 Å². The Morgan fingerprint density at radius 1 is 0.436 bits per heavy atom. The standard InChI is InChI=1S/2C21H18N2O2.CH4.2O.Re.Y/c2*1-3-7-14-12(5-1)9-16-20(14)22-18(24-16)11-19-23-21-15-8-4-2-6-13(15)10-17(21)25-19;;;;;/h2*1-8,16-17,20-21H,9-11H2;1H4;;;;/t2*16-,17-,20+,21+;;;;;/m00...../s1. The quantitative estimate of drug-likeness (QED) is 0.209. The van der Waals surface area contributed by atoms with E-state index >= 15 is 0 Å². The van der Waals surface area contributed by atoms with Crippen molar-refractivity contribution >= 4 is 23.6 Å². The third-order valence-corrected chi connectivity index (χ3v) is 11.5. The summed E-state index contributed by atoms with van der Waals surface area (Å²) in [7, 11) is 0. The average Bonchev–Trinajstić information content (AvgIpc) is 4.02. The fourth-order valence-corrected chi connectivity index (χ4v) is 9.23. The van der Waals surface area contributed by atoms with Gasteiger partial charge in [0.1, 0.15) is 48.6 Å². The van der Waals surface area contributed by atoms with Crippen LogP contribution >= 0.6 is 0 Å². The summed E-state index contributed by atoms with van der Waals surface area (Å²) in [5, 5.41) is 0. The summed E-state index contributed by atoms with van der Waals surface area (Å²) in [5.41, 5.74) is 10.7. The second kappa shape index (κ2) is 15.9. The second-order valence-corrected chi connectivity index (χ2v) is 15.0. The fraction of sp³-hybridized carbons (Fsp3) is 0.349. The Bertz CT molecular complexity index is 1980. The first-order valence-electron chi connectivity index (χ1n) is 18.3. The van der Waals surface area contributed by atoms with E-state index in [0.717, 1.165) is 49.3 Å². The Morgan fingerprint density at radius 2 is 0.655 bits per heavy atom. The fourth-order valence-electron chi connectivity index (χ4n) is 9.23. The molecule has 0 N–H and O–H groups in total. The van der Waals surface area contributed by atoms with E-state index in [2.05, 4.69) is 97.1 Å². The second-order valence-electron chi connectivity index (χ2n) is 14.5. The maximum absolute atomic E-state index is 8.53. The normalized spacial score (nSPS) is 28.0. The summed E-state index contributed by atoms with van der Waals surface area (Å²) in [4.78, 5) is 19.3. The summed E-state index contributed by atoms with van der Waals surface area (Å²) in [6, 6.07) is 34.6. The van der Waals surface area contributed by atoms with Crippen molar-refractivity contribution in [3.63, 3.8) is 0 Å². The van der Waals surface area contributed by atoms with E-state index in [9.17, 15) is 0 Å². The van der Waals surface area contributed by atoms with Gasteiger partial charge in [0.15, 0.2) is 23.6 Å². The molecule has 10 nitrogen and oxygen atoms in total. The van der Waals surface area contributed by atoms with Crippen LogP contribution in [0, 0.1) is 0 Å². The smallest absolute Gasteiger partial charge is 0.193 e. The van der Waals surface area contributed by atoms with Crippen molar-refractivity contribution in [1.29, 1.82) is 0 Å². The Kier molecular flexibility index (Phi) is 11.0. The van der Waals surface area contributed by atoms with Crippen molar-refractivity contribution < 1.29 is 76.5 Å². The number of benzene rings is 4. The molecule has 0 amide bonds. The third kappa shape index (κ3) is 7.07. The van der Waals surface area contributed by atoms with Crippen LogP contribution < -0.4 is 0 Å². The summed E-state index contributed by atoms with van der Waals surface area (Å²) in [6.45, 7) is 0. The Balaban J connectivity index is 0.000000140. The molecule has 0 spiro atoms. The average molecular weight is 984 g/mol. The van der Waals surface area contributed by atoms with Gasteiger partial charge in [-0.25, -0.2) is 20.0 Å². The summed E-state index contributed by atoms with van der Waals surface area (Å²) >= 11 is -2.17. The van der Waals surface area contributed by atoms with E-state index in [-0.39, 0.29) is 88.7 Å². The zero-order valence-electron chi connectivity index (χ0n) is 29.3. The topological polar surface area (TPSA) is 121 Å². The van der Waals surface area contributed by atoms with Crippen LogP contribution in [-0.2, 0) is 102 Å². The minimum absolute atomic E-state index is 0. The molecule has 4 aromatic rings. The van der Waals surface area contributed by atoms with Crippen LogP contribution in [0.2, 0.25) is 0 Å². The molecule has 8 aliphatic rings. The molecule has 0 aromatic heterocycles. The van der Waals surface area contributed by atoms with Gasteiger partial charge in [-0.2, -0.15) is 0 Å². The van der Waals surface area contributed by atoms with Gasteiger partial charge in [-0.1, -0.05) is 104 Å². The van der Waals surface area contributed by atoms with Crippen LogP contribution in [0.5, 0.6) is 0 Å². The van der Waals surface area contributed by atoms with E-state index in [4.69, 9.17) is 45.9 Å². The minimum atomic E-state index is -2.17. The zero-order chi connectivity index (χ0) is 35.5. The molecule has 0 bridgehead atoms. The summed E-state index contributed by atoms with van der Waals surface area (Å²) in [6.07, 6.45) is 5.52. The van der Waals surface area contributed by atoms with Gasteiger partial charge < -0.3 is 18.9 Å². The van der Waals surface area contributed by atoms with E-state index in [1.54, 1.807) is 0 Å². The SMILES string of the molecule is C.[O]=[Re]=[O].[Y].c1ccc2c(c1)C[C@@H]1OC(CC3=N[C@@H]4c5ccccc5C[C@@H]4O3)=N[C@H]21.c1ccc2c(c1)C[C@@H]1OC(CC3=N[C@@H]4c5ccccc5C[C@@H]4O3)=N[C@H]21. The molecular weight excluding hydrogens is 944 g/mol. The van der Waals surface area contributed by atoms with E-state index < -0.39 is 17.9 Å². The monoisotopic (exact) mass is 984 g/mol. The molecule has 4 aromatic carbocycles. The number of nitrogens with zero attached hydrogens (tertiary/aromatic N) is 4. The molecule has 0 saturated carbocycles. The van der Waals surface area contributed by atoms with Crippen molar-refractivity contribution in [3.05, 3.63) is 142 Å². The predicted molar refractivity (Wildman–Crippen MR) is 198 cm³/mol. The van der Waals surface area contributed by atoms with Gasteiger partial charge in [-0.15, -0.1) is 0 Å². The van der Waals surface area contributed by atoms with Crippen molar-refractivity contribution in [2.75, 3.05) is 0 Å². The molecule has 12 rings (SSSR count). The van der Waals surface area contributed by atoms with Gasteiger partial charge in [-0.05, 0) is 44.5 Å². The molecule has 4 aliphatic carbocycles. The largest absolute Gasteiger partial charge is 0.474 e. The molecule has 0 fully saturated rings. The van der Waals surface area contributed by atoms with Crippen LogP contribution in [0.4, 0.5) is 0 Å². The predicted octanol–water partition coefficient (Wildman–Crippen LogP) is 7.53. The Morgan fingerprint density at radius 3 is 0.891 bits per heavy atom.